The van der Waals surface area contributed by atoms with Gasteiger partial charge in [-0.15, -0.1) is 0 Å². The Balaban J connectivity index is 3.12. The highest BCUT2D eigenvalue weighted by atomic mass is 79.9. The number of aliphatic carboxylic acids is 1. The van der Waals surface area contributed by atoms with Gasteiger partial charge >= 0.3 is 5.97 Å². The van der Waals surface area contributed by atoms with Gasteiger partial charge < -0.3 is 10.8 Å². The third-order valence-corrected chi connectivity index (χ3v) is 2.77. The second kappa shape index (κ2) is 4.21. The maximum absolute atomic E-state index is 10.6. The summed E-state index contributed by atoms with van der Waals surface area (Å²) >= 11 is 6.48. The second-order valence-corrected chi connectivity index (χ2v) is 4.25. The fourth-order valence-corrected chi connectivity index (χ4v) is 1.76. The summed E-state index contributed by atoms with van der Waals surface area (Å²) in [7, 11) is 0. The van der Waals surface area contributed by atoms with Gasteiger partial charge in [0.15, 0.2) is 0 Å². The van der Waals surface area contributed by atoms with Crippen molar-refractivity contribution in [2.24, 2.45) is 5.73 Å². The molecule has 0 saturated carbocycles. The number of hydrogen-bond acceptors (Lipinski definition) is 2. The van der Waals surface area contributed by atoms with E-state index in [1.165, 1.54) is 0 Å². The lowest BCUT2D eigenvalue weighted by Gasteiger charge is -2.09. The Morgan fingerprint density at radius 3 is 2.62 bits per heavy atom. The molecule has 1 aromatic carbocycles. The fraction of sp³-hybridized carbons (Fsp3) is 0.125. The van der Waals surface area contributed by atoms with Gasteiger partial charge in [-0.1, -0.05) is 31.9 Å². The van der Waals surface area contributed by atoms with Gasteiger partial charge in [0.05, 0.1) is 0 Å². The van der Waals surface area contributed by atoms with E-state index in [-0.39, 0.29) is 0 Å². The van der Waals surface area contributed by atoms with Crippen molar-refractivity contribution >= 4 is 37.8 Å². The topological polar surface area (TPSA) is 63.3 Å². The largest absolute Gasteiger partial charge is 0.480 e. The van der Waals surface area contributed by atoms with Crippen LogP contribution < -0.4 is 5.73 Å². The molecule has 0 unspecified atom stereocenters. The number of halogens is 2. The smallest absolute Gasteiger partial charge is 0.325 e. The average Bonchev–Trinajstić information content (AvgIpc) is 2.08. The highest BCUT2D eigenvalue weighted by Crippen LogP contribution is 2.25. The number of rotatable bonds is 2. The zero-order valence-corrected chi connectivity index (χ0v) is 9.67. The van der Waals surface area contributed by atoms with Gasteiger partial charge in [0.1, 0.15) is 6.04 Å². The van der Waals surface area contributed by atoms with Gasteiger partial charge in [-0.2, -0.15) is 0 Å². The molecule has 0 spiro atoms. The first-order valence-electron chi connectivity index (χ1n) is 3.45. The predicted molar refractivity (Wildman–Crippen MR) is 56.4 cm³/mol. The summed E-state index contributed by atoms with van der Waals surface area (Å²) in [5, 5.41) is 8.69. The van der Waals surface area contributed by atoms with Crippen LogP contribution in [0.5, 0.6) is 0 Å². The van der Waals surface area contributed by atoms with Crippen LogP contribution in [0.3, 0.4) is 0 Å². The lowest BCUT2D eigenvalue weighted by Crippen LogP contribution is -2.21. The molecule has 1 aromatic rings. The molecule has 0 heterocycles. The number of carboxylic acid groups (broad SMARTS) is 1. The van der Waals surface area contributed by atoms with E-state index in [9.17, 15) is 4.79 Å². The molecule has 0 fully saturated rings. The van der Waals surface area contributed by atoms with Crippen molar-refractivity contribution in [2.45, 2.75) is 6.04 Å². The SMILES string of the molecule is N[C@@H](C(=O)O)c1cc(Br)ccc1Br. The molecule has 70 valence electrons. The molecule has 0 aliphatic rings. The summed E-state index contributed by atoms with van der Waals surface area (Å²) in [5.74, 6) is -1.04. The van der Waals surface area contributed by atoms with E-state index in [1.54, 1.807) is 12.1 Å². The Labute approximate surface area is 92.2 Å². The third kappa shape index (κ3) is 2.52. The Morgan fingerprint density at radius 1 is 1.46 bits per heavy atom. The molecule has 0 amide bonds. The number of carbonyl (C=O) groups is 1. The third-order valence-electron chi connectivity index (χ3n) is 1.56. The van der Waals surface area contributed by atoms with Crippen LogP contribution in [0.25, 0.3) is 0 Å². The Morgan fingerprint density at radius 2 is 2.08 bits per heavy atom. The number of nitrogens with two attached hydrogens (primary N) is 1. The summed E-state index contributed by atoms with van der Waals surface area (Å²) in [6.45, 7) is 0. The van der Waals surface area contributed by atoms with E-state index in [4.69, 9.17) is 10.8 Å². The van der Waals surface area contributed by atoms with E-state index >= 15 is 0 Å². The molecule has 0 saturated heterocycles. The van der Waals surface area contributed by atoms with Crippen LogP contribution >= 0.6 is 31.9 Å². The van der Waals surface area contributed by atoms with Crippen LogP contribution in [0.4, 0.5) is 0 Å². The van der Waals surface area contributed by atoms with E-state index < -0.39 is 12.0 Å². The Kier molecular flexibility index (Phi) is 3.47. The molecule has 0 aliphatic carbocycles. The Hall–Kier alpha value is -0.390. The molecule has 1 rings (SSSR count). The normalized spacial score (nSPS) is 12.5. The van der Waals surface area contributed by atoms with Crippen LogP contribution in [-0.2, 0) is 4.79 Å². The van der Waals surface area contributed by atoms with Gasteiger partial charge in [0.2, 0.25) is 0 Å². The van der Waals surface area contributed by atoms with Gasteiger partial charge in [-0.25, -0.2) is 0 Å². The standard InChI is InChI=1S/C8H7Br2NO2/c9-4-1-2-6(10)5(3-4)7(11)8(12)13/h1-3,7H,11H2,(H,12,13)/t7-/m1/s1. The predicted octanol–water partition coefficient (Wildman–Crippen LogP) is 2.30. The van der Waals surface area contributed by atoms with E-state index in [1.807, 2.05) is 6.07 Å². The monoisotopic (exact) mass is 307 g/mol. The van der Waals surface area contributed by atoms with Gasteiger partial charge in [0, 0.05) is 8.95 Å². The van der Waals surface area contributed by atoms with E-state index in [0.29, 0.717) is 10.0 Å². The summed E-state index contributed by atoms with van der Waals surface area (Å²) < 4.78 is 1.51. The fourth-order valence-electron chi connectivity index (χ4n) is 0.886. The summed E-state index contributed by atoms with van der Waals surface area (Å²) in [4.78, 5) is 10.6. The first-order chi connectivity index (χ1) is 6.02. The number of benzene rings is 1. The highest BCUT2D eigenvalue weighted by Gasteiger charge is 2.16. The van der Waals surface area contributed by atoms with Crippen molar-refractivity contribution in [2.75, 3.05) is 0 Å². The minimum absolute atomic E-state index is 0.557. The molecule has 0 radical (unpaired) electrons. The zero-order chi connectivity index (χ0) is 10.0. The van der Waals surface area contributed by atoms with Gasteiger partial charge in [0.25, 0.3) is 0 Å². The quantitative estimate of drug-likeness (QED) is 0.881. The summed E-state index contributed by atoms with van der Waals surface area (Å²) in [5.41, 5.74) is 6.01. The van der Waals surface area contributed by atoms with Crippen molar-refractivity contribution in [3.8, 4) is 0 Å². The van der Waals surface area contributed by atoms with E-state index in [2.05, 4.69) is 31.9 Å². The van der Waals surface area contributed by atoms with Gasteiger partial charge in [-0.05, 0) is 23.8 Å². The van der Waals surface area contributed by atoms with E-state index in [0.717, 1.165) is 4.47 Å². The van der Waals surface area contributed by atoms with Gasteiger partial charge in [-0.3, -0.25) is 4.79 Å². The number of carboxylic acids is 1. The molecule has 5 heteroatoms. The van der Waals surface area contributed by atoms with Crippen LogP contribution in [0.15, 0.2) is 27.1 Å². The molecule has 13 heavy (non-hydrogen) atoms. The molecule has 3 nitrogen and oxygen atoms in total. The molecule has 1 atom stereocenters. The highest BCUT2D eigenvalue weighted by molar-refractivity contribution is 9.11. The lowest BCUT2D eigenvalue weighted by atomic mass is 10.1. The maximum atomic E-state index is 10.6. The van der Waals surface area contributed by atoms with Crippen molar-refractivity contribution < 1.29 is 9.90 Å². The molecular weight excluding hydrogens is 302 g/mol. The zero-order valence-electron chi connectivity index (χ0n) is 6.50. The average molecular weight is 309 g/mol. The van der Waals surface area contributed by atoms with Crippen molar-refractivity contribution in [1.82, 2.24) is 0 Å². The van der Waals surface area contributed by atoms with Crippen LogP contribution in [0, 0.1) is 0 Å². The van der Waals surface area contributed by atoms with Crippen LogP contribution in [0.1, 0.15) is 11.6 Å². The minimum Gasteiger partial charge on any atom is -0.480 e. The second-order valence-electron chi connectivity index (χ2n) is 2.48. The Bertz CT molecular complexity index is 341. The molecule has 0 bridgehead atoms. The molecule has 0 aliphatic heterocycles. The molecular formula is C8H7Br2NO2. The first-order valence-corrected chi connectivity index (χ1v) is 5.04. The van der Waals surface area contributed by atoms with Crippen molar-refractivity contribution in [1.29, 1.82) is 0 Å². The molecule has 3 N–H and O–H groups in total. The van der Waals surface area contributed by atoms with Crippen LogP contribution in [-0.4, -0.2) is 11.1 Å². The minimum atomic E-state index is -1.04. The van der Waals surface area contributed by atoms with Crippen LogP contribution in [0.2, 0.25) is 0 Å². The molecule has 0 aromatic heterocycles. The van der Waals surface area contributed by atoms with Crippen molar-refractivity contribution in [3.63, 3.8) is 0 Å². The van der Waals surface area contributed by atoms with Crippen molar-refractivity contribution in [3.05, 3.63) is 32.7 Å². The summed E-state index contributed by atoms with van der Waals surface area (Å²) in [6.07, 6.45) is 0. The summed E-state index contributed by atoms with van der Waals surface area (Å²) in [6, 6.07) is 4.25. The number of hydrogen-bond donors (Lipinski definition) is 2. The lowest BCUT2D eigenvalue weighted by molar-refractivity contribution is -0.138. The first kappa shape index (κ1) is 10.7. The maximum Gasteiger partial charge on any atom is 0.325 e.